The summed E-state index contributed by atoms with van der Waals surface area (Å²) in [6.07, 6.45) is 0.768. The maximum absolute atomic E-state index is 11.4. The van der Waals surface area contributed by atoms with Crippen molar-refractivity contribution in [3.63, 3.8) is 0 Å². The molecule has 7 heteroatoms. The van der Waals surface area contributed by atoms with E-state index in [1.807, 2.05) is 23.6 Å². The van der Waals surface area contributed by atoms with Crippen LogP contribution in [0.3, 0.4) is 0 Å². The molecule has 0 bridgehead atoms. The molecule has 0 aliphatic heterocycles. The predicted octanol–water partition coefficient (Wildman–Crippen LogP) is 5.75. The minimum Gasteiger partial charge on any atom is -0.323 e. The quantitative estimate of drug-likeness (QED) is 0.519. The fourth-order valence-electron chi connectivity index (χ4n) is 2.56. The number of rotatable bonds is 4. The number of carbonyl (C=O) groups excluding carboxylic acids is 1. The molecule has 0 atom stereocenters. The molecule has 3 rings (SSSR count). The number of hydrogen-bond donors (Lipinski definition) is 0. The summed E-state index contributed by atoms with van der Waals surface area (Å²) in [6, 6.07) is 10.7. The fourth-order valence-corrected chi connectivity index (χ4v) is 3.15. The van der Waals surface area contributed by atoms with Crippen LogP contribution in [-0.2, 0) is 13.0 Å². The van der Waals surface area contributed by atoms with Crippen LogP contribution in [0.1, 0.15) is 28.7 Å². The highest BCUT2D eigenvalue weighted by atomic mass is 35.5. The van der Waals surface area contributed by atoms with Crippen molar-refractivity contribution in [3.8, 4) is 0 Å². The summed E-state index contributed by atoms with van der Waals surface area (Å²) >= 11 is 17.8. The molecule has 0 radical (unpaired) electrons. The van der Waals surface area contributed by atoms with Crippen molar-refractivity contribution < 1.29 is 4.79 Å². The third kappa shape index (κ3) is 3.70. The first-order valence-corrected chi connectivity index (χ1v) is 8.26. The molecule has 0 N–H and O–H groups in total. The summed E-state index contributed by atoms with van der Waals surface area (Å²) in [6.45, 7) is 2.59. The molecule has 0 spiro atoms. The number of benzene rings is 2. The van der Waals surface area contributed by atoms with Gasteiger partial charge in [0.15, 0.2) is 0 Å². The predicted molar refractivity (Wildman–Crippen MR) is 102 cm³/mol. The van der Waals surface area contributed by atoms with Crippen molar-refractivity contribution in [2.75, 3.05) is 0 Å². The molecule has 1 aromatic heterocycles. The van der Waals surface area contributed by atoms with E-state index in [1.165, 1.54) is 0 Å². The summed E-state index contributed by atoms with van der Waals surface area (Å²) < 4.78 is 2.05. The second-order valence-corrected chi connectivity index (χ2v) is 6.37. The molecule has 0 amide bonds. The van der Waals surface area contributed by atoms with E-state index in [9.17, 15) is 4.79 Å². The van der Waals surface area contributed by atoms with Crippen LogP contribution >= 0.6 is 47.2 Å². The monoisotopic (exact) mass is 402 g/mol. The second-order valence-electron chi connectivity index (χ2n) is 5.18. The summed E-state index contributed by atoms with van der Waals surface area (Å²) in [7, 11) is 0. The van der Waals surface area contributed by atoms with Gasteiger partial charge in [0.1, 0.15) is 5.82 Å². The van der Waals surface area contributed by atoms with Gasteiger partial charge >= 0.3 is 0 Å². The van der Waals surface area contributed by atoms with Crippen molar-refractivity contribution in [2.45, 2.75) is 19.9 Å². The van der Waals surface area contributed by atoms with Crippen LogP contribution in [0.4, 0.5) is 0 Å². The van der Waals surface area contributed by atoms with E-state index in [1.54, 1.807) is 24.3 Å². The van der Waals surface area contributed by atoms with Gasteiger partial charge in [-0.25, -0.2) is 4.98 Å². The van der Waals surface area contributed by atoms with Gasteiger partial charge in [0.25, 0.3) is 5.24 Å². The van der Waals surface area contributed by atoms with E-state index in [0.29, 0.717) is 22.2 Å². The van der Waals surface area contributed by atoms with Gasteiger partial charge in [0.2, 0.25) is 0 Å². The number of aryl methyl sites for hydroxylation is 1. The SMILES string of the molecule is CCc1nc2ccc(C(=O)Cl)cc2n1Cc1ccc(Cl)cc1Cl.Cl. The van der Waals surface area contributed by atoms with Crippen LogP contribution in [0.2, 0.25) is 10.0 Å². The Morgan fingerprint density at radius 3 is 2.54 bits per heavy atom. The van der Waals surface area contributed by atoms with Gasteiger partial charge in [-0.15, -0.1) is 12.4 Å². The van der Waals surface area contributed by atoms with Crippen molar-refractivity contribution in [1.29, 1.82) is 0 Å². The Morgan fingerprint density at radius 1 is 1.17 bits per heavy atom. The van der Waals surface area contributed by atoms with Crippen molar-refractivity contribution in [3.05, 3.63) is 63.4 Å². The Kier molecular flexibility index (Phi) is 6.16. The zero-order chi connectivity index (χ0) is 16.6. The number of halogens is 4. The molecular weight excluding hydrogens is 390 g/mol. The number of aromatic nitrogens is 2. The molecule has 2 aromatic carbocycles. The van der Waals surface area contributed by atoms with Crippen LogP contribution in [0.15, 0.2) is 36.4 Å². The Hall–Kier alpha value is -1.26. The fraction of sp³-hybridized carbons (Fsp3) is 0.176. The average Bonchev–Trinajstić information content (AvgIpc) is 2.87. The standard InChI is InChI=1S/C17H13Cl3N2O.ClH/c1-2-16-21-14-6-4-10(17(20)23)7-15(14)22(16)9-11-3-5-12(18)8-13(11)19;/h3-8H,2,9H2,1H3;1H. The molecule has 0 saturated carbocycles. The van der Waals surface area contributed by atoms with Gasteiger partial charge in [0, 0.05) is 22.0 Å². The molecule has 1 heterocycles. The Morgan fingerprint density at radius 2 is 1.92 bits per heavy atom. The number of fused-ring (bicyclic) bond motifs is 1. The molecule has 0 aliphatic rings. The zero-order valence-electron chi connectivity index (χ0n) is 12.7. The number of nitrogens with zero attached hydrogens (tertiary/aromatic N) is 2. The third-order valence-corrected chi connectivity index (χ3v) is 4.52. The highest BCUT2D eigenvalue weighted by molar-refractivity contribution is 6.67. The van der Waals surface area contributed by atoms with Gasteiger partial charge in [0.05, 0.1) is 17.6 Å². The van der Waals surface area contributed by atoms with Crippen LogP contribution in [0.25, 0.3) is 11.0 Å². The van der Waals surface area contributed by atoms with Crippen molar-refractivity contribution in [2.24, 2.45) is 0 Å². The first-order valence-electron chi connectivity index (χ1n) is 7.12. The normalized spacial score (nSPS) is 10.7. The number of hydrogen-bond acceptors (Lipinski definition) is 2. The Labute approximate surface area is 160 Å². The lowest BCUT2D eigenvalue weighted by molar-refractivity contribution is 0.108. The van der Waals surface area contributed by atoms with Crippen LogP contribution < -0.4 is 0 Å². The molecule has 126 valence electrons. The first-order chi connectivity index (χ1) is 11.0. The molecular formula is C17H14Cl4N2O. The molecule has 0 aliphatic carbocycles. The van der Waals surface area contributed by atoms with Gasteiger partial charge in [-0.05, 0) is 47.5 Å². The minimum absolute atomic E-state index is 0. The Balaban J connectivity index is 0.00000208. The summed E-state index contributed by atoms with van der Waals surface area (Å²) in [5, 5.41) is 0.716. The molecule has 0 fully saturated rings. The third-order valence-electron chi connectivity index (χ3n) is 3.71. The largest absolute Gasteiger partial charge is 0.323 e. The highest BCUT2D eigenvalue weighted by Gasteiger charge is 2.13. The van der Waals surface area contributed by atoms with Gasteiger partial charge < -0.3 is 4.57 Å². The summed E-state index contributed by atoms with van der Waals surface area (Å²) in [5.74, 6) is 0.921. The summed E-state index contributed by atoms with van der Waals surface area (Å²) in [5.41, 5.74) is 3.07. The number of carbonyl (C=O) groups is 1. The van der Waals surface area contributed by atoms with E-state index in [4.69, 9.17) is 34.8 Å². The smallest absolute Gasteiger partial charge is 0.252 e. The molecule has 0 saturated heterocycles. The van der Waals surface area contributed by atoms with Crippen molar-refractivity contribution >= 4 is 63.5 Å². The molecule has 24 heavy (non-hydrogen) atoms. The minimum atomic E-state index is -0.484. The maximum Gasteiger partial charge on any atom is 0.252 e. The van der Waals surface area contributed by atoms with Gasteiger partial charge in [-0.1, -0.05) is 36.2 Å². The van der Waals surface area contributed by atoms with E-state index in [0.717, 1.165) is 28.8 Å². The zero-order valence-corrected chi connectivity index (χ0v) is 15.8. The topological polar surface area (TPSA) is 34.9 Å². The van der Waals surface area contributed by atoms with E-state index in [2.05, 4.69) is 4.98 Å². The van der Waals surface area contributed by atoms with E-state index in [-0.39, 0.29) is 12.4 Å². The molecule has 3 nitrogen and oxygen atoms in total. The Bertz CT molecular complexity index is 905. The van der Waals surface area contributed by atoms with Crippen LogP contribution in [0.5, 0.6) is 0 Å². The maximum atomic E-state index is 11.4. The van der Waals surface area contributed by atoms with E-state index >= 15 is 0 Å². The first kappa shape index (κ1) is 19.1. The average molecular weight is 404 g/mol. The van der Waals surface area contributed by atoms with Crippen molar-refractivity contribution in [1.82, 2.24) is 9.55 Å². The van der Waals surface area contributed by atoms with Gasteiger partial charge in [-0.2, -0.15) is 0 Å². The number of imidazole rings is 1. The molecule has 0 unspecified atom stereocenters. The lowest BCUT2D eigenvalue weighted by Crippen LogP contribution is -2.05. The van der Waals surface area contributed by atoms with Gasteiger partial charge in [-0.3, -0.25) is 4.79 Å². The lowest BCUT2D eigenvalue weighted by Gasteiger charge is -2.10. The summed E-state index contributed by atoms with van der Waals surface area (Å²) in [4.78, 5) is 16.0. The van der Waals surface area contributed by atoms with Crippen LogP contribution in [-0.4, -0.2) is 14.8 Å². The van der Waals surface area contributed by atoms with E-state index < -0.39 is 5.24 Å². The second kappa shape index (κ2) is 7.75. The lowest BCUT2D eigenvalue weighted by atomic mass is 10.2. The van der Waals surface area contributed by atoms with Crippen LogP contribution in [0, 0.1) is 0 Å². The molecule has 3 aromatic rings. The highest BCUT2D eigenvalue weighted by Crippen LogP contribution is 2.25.